The van der Waals surface area contributed by atoms with Crippen LogP contribution in [0.3, 0.4) is 0 Å². The molecule has 0 atom stereocenters. The summed E-state index contributed by atoms with van der Waals surface area (Å²) in [6, 6.07) is 5.88. The molecule has 0 spiro atoms. The molecule has 0 unspecified atom stereocenters. The Bertz CT molecular complexity index is 625. The molecule has 0 saturated carbocycles. The van der Waals surface area contributed by atoms with E-state index in [9.17, 15) is 0 Å². The van der Waals surface area contributed by atoms with Crippen molar-refractivity contribution in [2.75, 3.05) is 5.32 Å². The molecule has 0 radical (unpaired) electrons. The summed E-state index contributed by atoms with van der Waals surface area (Å²) in [5.74, 6) is 0.619. The van der Waals surface area contributed by atoms with Crippen molar-refractivity contribution in [1.29, 1.82) is 0 Å². The van der Waals surface area contributed by atoms with Crippen molar-refractivity contribution in [1.82, 2.24) is 24.8 Å². The number of hydrogen-bond acceptors (Lipinski definition) is 4. The second kappa shape index (κ2) is 3.89. The maximum Gasteiger partial charge on any atom is 0.243 e. The lowest BCUT2D eigenvalue weighted by Crippen LogP contribution is -2.01. The molecule has 0 amide bonds. The number of nitrogens with one attached hydrogen (secondary N) is 2. The van der Waals surface area contributed by atoms with Crippen molar-refractivity contribution in [2.24, 2.45) is 0 Å². The predicted molar refractivity (Wildman–Crippen MR) is 63.6 cm³/mol. The van der Waals surface area contributed by atoms with E-state index in [1.54, 1.807) is 10.7 Å². The predicted octanol–water partition coefficient (Wildman–Crippen LogP) is 1.37. The van der Waals surface area contributed by atoms with E-state index in [0.717, 1.165) is 16.9 Å². The van der Waals surface area contributed by atoms with Gasteiger partial charge in [-0.3, -0.25) is 5.10 Å². The SMILES string of the molecule is Cc1cccn2nc(NCc3ccn[nH]3)nc12. The molecule has 3 rings (SSSR count). The Morgan fingerprint density at radius 1 is 1.41 bits per heavy atom. The zero-order chi connectivity index (χ0) is 11.7. The van der Waals surface area contributed by atoms with E-state index < -0.39 is 0 Å². The Morgan fingerprint density at radius 2 is 2.35 bits per heavy atom. The van der Waals surface area contributed by atoms with E-state index in [4.69, 9.17) is 0 Å². The molecule has 3 heterocycles. The molecule has 0 aliphatic carbocycles. The Hall–Kier alpha value is -2.37. The molecule has 0 saturated heterocycles. The van der Waals surface area contributed by atoms with Gasteiger partial charge in [-0.15, -0.1) is 5.10 Å². The first-order valence-electron chi connectivity index (χ1n) is 5.37. The van der Waals surface area contributed by atoms with Crippen LogP contribution in [-0.2, 0) is 6.54 Å². The van der Waals surface area contributed by atoms with Gasteiger partial charge in [-0.2, -0.15) is 10.1 Å². The zero-order valence-corrected chi connectivity index (χ0v) is 9.38. The minimum absolute atomic E-state index is 0.619. The highest BCUT2D eigenvalue weighted by Crippen LogP contribution is 2.10. The Kier molecular flexibility index (Phi) is 2.25. The van der Waals surface area contributed by atoms with Crippen LogP contribution in [0.4, 0.5) is 5.95 Å². The van der Waals surface area contributed by atoms with Gasteiger partial charge in [0.05, 0.1) is 12.2 Å². The number of H-pyrrole nitrogens is 1. The van der Waals surface area contributed by atoms with Crippen LogP contribution in [0.2, 0.25) is 0 Å². The Labute approximate surface area is 97.7 Å². The Morgan fingerprint density at radius 3 is 3.12 bits per heavy atom. The fourth-order valence-corrected chi connectivity index (χ4v) is 1.67. The van der Waals surface area contributed by atoms with Crippen LogP contribution in [0.25, 0.3) is 5.65 Å². The fraction of sp³-hybridized carbons (Fsp3) is 0.182. The number of aryl methyl sites for hydroxylation is 1. The molecule has 0 bridgehead atoms. The third-order valence-electron chi connectivity index (χ3n) is 2.55. The van der Waals surface area contributed by atoms with Gasteiger partial charge in [-0.1, -0.05) is 6.07 Å². The first-order valence-corrected chi connectivity index (χ1v) is 5.37. The van der Waals surface area contributed by atoms with Gasteiger partial charge in [0, 0.05) is 12.4 Å². The number of fused-ring (bicyclic) bond motifs is 1. The summed E-state index contributed by atoms with van der Waals surface area (Å²) in [5, 5.41) is 14.2. The van der Waals surface area contributed by atoms with Crippen molar-refractivity contribution >= 4 is 11.6 Å². The quantitative estimate of drug-likeness (QED) is 0.710. The van der Waals surface area contributed by atoms with E-state index in [1.807, 2.05) is 31.3 Å². The highest BCUT2D eigenvalue weighted by atomic mass is 15.3. The fourth-order valence-electron chi connectivity index (χ4n) is 1.67. The van der Waals surface area contributed by atoms with Crippen LogP contribution in [0, 0.1) is 6.92 Å². The smallest absolute Gasteiger partial charge is 0.243 e. The summed E-state index contributed by atoms with van der Waals surface area (Å²) in [4.78, 5) is 4.42. The standard InChI is InChI=1S/C11H12N6/c1-8-3-2-6-17-10(8)14-11(16-17)12-7-9-4-5-13-15-9/h2-6H,7H2,1H3,(H,12,16)(H,13,15). The van der Waals surface area contributed by atoms with Crippen LogP contribution >= 0.6 is 0 Å². The van der Waals surface area contributed by atoms with Gasteiger partial charge in [0.15, 0.2) is 5.65 Å². The largest absolute Gasteiger partial charge is 0.347 e. The molecule has 2 N–H and O–H groups in total. The number of hydrogen-bond donors (Lipinski definition) is 2. The van der Waals surface area contributed by atoms with E-state index in [1.165, 1.54) is 0 Å². The van der Waals surface area contributed by atoms with Gasteiger partial charge < -0.3 is 5.32 Å². The molecule has 0 fully saturated rings. The number of aromatic nitrogens is 5. The summed E-state index contributed by atoms with van der Waals surface area (Å²) in [6.07, 6.45) is 3.61. The van der Waals surface area contributed by atoms with Crippen molar-refractivity contribution in [3.63, 3.8) is 0 Å². The first kappa shape index (κ1) is 9.83. The van der Waals surface area contributed by atoms with E-state index >= 15 is 0 Å². The van der Waals surface area contributed by atoms with Gasteiger partial charge in [-0.25, -0.2) is 4.52 Å². The van der Waals surface area contributed by atoms with Crippen molar-refractivity contribution < 1.29 is 0 Å². The highest BCUT2D eigenvalue weighted by molar-refractivity contribution is 5.49. The maximum absolute atomic E-state index is 4.42. The number of anilines is 1. The minimum atomic E-state index is 0.619. The summed E-state index contributed by atoms with van der Waals surface area (Å²) < 4.78 is 1.77. The molecular weight excluding hydrogens is 216 g/mol. The van der Waals surface area contributed by atoms with Gasteiger partial charge in [0.2, 0.25) is 5.95 Å². The molecular formula is C11H12N6. The van der Waals surface area contributed by atoms with Crippen molar-refractivity contribution in [3.05, 3.63) is 41.9 Å². The summed E-state index contributed by atoms with van der Waals surface area (Å²) in [5.41, 5.74) is 2.98. The maximum atomic E-state index is 4.42. The zero-order valence-electron chi connectivity index (χ0n) is 9.38. The van der Waals surface area contributed by atoms with Crippen LogP contribution in [-0.4, -0.2) is 24.8 Å². The van der Waals surface area contributed by atoms with Crippen molar-refractivity contribution in [2.45, 2.75) is 13.5 Å². The second-order valence-corrected chi connectivity index (χ2v) is 3.83. The number of pyridine rings is 1. The van der Waals surface area contributed by atoms with Crippen LogP contribution < -0.4 is 5.32 Å². The van der Waals surface area contributed by atoms with E-state index in [-0.39, 0.29) is 0 Å². The normalized spacial score (nSPS) is 10.9. The first-order chi connectivity index (χ1) is 8.33. The average molecular weight is 228 g/mol. The van der Waals surface area contributed by atoms with Crippen LogP contribution in [0.15, 0.2) is 30.6 Å². The molecule has 3 aromatic heterocycles. The molecule has 6 nitrogen and oxygen atoms in total. The third-order valence-corrected chi connectivity index (χ3v) is 2.55. The van der Waals surface area contributed by atoms with Crippen LogP contribution in [0.5, 0.6) is 0 Å². The molecule has 17 heavy (non-hydrogen) atoms. The van der Waals surface area contributed by atoms with Gasteiger partial charge in [0.1, 0.15) is 0 Å². The summed E-state index contributed by atoms with van der Waals surface area (Å²) >= 11 is 0. The average Bonchev–Trinajstić information content (AvgIpc) is 2.95. The monoisotopic (exact) mass is 228 g/mol. The van der Waals surface area contributed by atoms with E-state index in [0.29, 0.717) is 12.5 Å². The van der Waals surface area contributed by atoms with Crippen molar-refractivity contribution in [3.8, 4) is 0 Å². The molecule has 0 aliphatic heterocycles. The van der Waals surface area contributed by atoms with E-state index in [2.05, 4.69) is 25.6 Å². The lowest BCUT2D eigenvalue weighted by atomic mass is 10.3. The lowest BCUT2D eigenvalue weighted by molar-refractivity contribution is 0.930. The molecule has 86 valence electrons. The van der Waals surface area contributed by atoms with Gasteiger partial charge in [-0.05, 0) is 24.6 Å². The molecule has 0 aromatic carbocycles. The van der Waals surface area contributed by atoms with Crippen LogP contribution in [0.1, 0.15) is 11.3 Å². The lowest BCUT2D eigenvalue weighted by Gasteiger charge is -1.96. The minimum Gasteiger partial charge on any atom is -0.347 e. The number of rotatable bonds is 3. The number of nitrogens with zero attached hydrogens (tertiary/aromatic N) is 4. The summed E-state index contributed by atoms with van der Waals surface area (Å²) in [6.45, 7) is 2.65. The van der Waals surface area contributed by atoms with Gasteiger partial charge in [0.25, 0.3) is 0 Å². The Balaban J connectivity index is 1.84. The topological polar surface area (TPSA) is 70.9 Å². The second-order valence-electron chi connectivity index (χ2n) is 3.83. The number of aromatic amines is 1. The highest BCUT2D eigenvalue weighted by Gasteiger charge is 2.04. The van der Waals surface area contributed by atoms with Gasteiger partial charge >= 0.3 is 0 Å². The summed E-state index contributed by atoms with van der Waals surface area (Å²) in [7, 11) is 0. The molecule has 6 heteroatoms. The third kappa shape index (κ3) is 1.84. The molecule has 0 aliphatic rings. The molecule has 3 aromatic rings.